The van der Waals surface area contributed by atoms with E-state index in [4.69, 9.17) is 4.99 Å². The molecule has 1 heterocycles. The predicted molar refractivity (Wildman–Crippen MR) is 155 cm³/mol. The summed E-state index contributed by atoms with van der Waals surface area (Å²) < 4.78 is 1.21. The van der Waals surface area contributed by atoms with Gasteiger partial charge in [-0.25, -0.2) is 0 Å². The molecular weight excluding hydrogens is 637 g/mol. The Balaban J connectivity index is 0.000000289. The molecule has 3 aromatic rings. The second-order valence-electron chi connectivity index (χ2n) is 9.72. The van der Waals surface area contributed by atoms with E-state index in [0.29, 0.717) is 26.1 Å². The molecule has 2 nitrogen and oxygen atoms in total. The van der Waals surface area contributed by atoms with Gasteiger partial charge in [-0.2, -0.15) is 0 Å². The molecule has 0 spiro atoms. The van der Waals surface area contributed by atoms with Crippen LogP contribution < -0.4 is 0 Å². The number of aliphatic imine (C=N–C) groups is 1. The standard InChI is InChI=1S/C23H25N2.C11H14.Hg/c1-4-12-21-18(3)25(17-24-22(21)5-2)23(19-13-8-6-9-14-19)20-15-10-7-11-16-20;1-9(2)8-11-6-4-10(3)5-7-11;/h6-11,13-16,23H,3-5,12H2,1-2H3;4-7H,1,8H2,2-3H3;. The minimum absolute atomic E-state index is 0.131. The van der Waals surface area contributed by atoms with Crippen LogP contribution in [0.1, 0.15) is 68.3 Å². The normalized spacial score (nSPS) is 13.3. The zero-order valence-electron chi connectivity index (χ0n) is 23.0. The summed E-state index contributed by atoms with van der Waals surface area (Å²) in [4.78, 5) is 7.45. The Morgan fingerprint density at radius 3 is 1.89 bits per heavy atom. The maximum atomic E-state index is 5.05. The SMILES string of the molecule is C=C(C)Cc1ccc(C)cc1.C=C1C(CCC)=C(CC)N=[C]([Hg])N1C(c1ccccc1)c1ccccc1. The quantitative estimate of drug-likeness (QED) is 0.172. The Morgan fingerprint density at radius 1 is 0.892 bits per heavy atom. The molecule has 0 N–H and O–H groups in total. The first kappa shape index (κ1) is 28.9. The van der Waals surface area contributed by atoms with Gasteiger partial charge in [-0.3, -0.25) is 0 Å². The fourth-order valence-corrected chi connectivity index (χ4v) is 6.89. The van der Waals surface area contributed by atoms with Crippen molar-refractivity contribution >= 4 is 3.34 Å². The van der Waals surface area contributed by atoms with Gasteiger partial charge in [-0.1, -0.05) is 42.0 Å². The van der Waals surface area contributed by atoms with Crippen LogP contribution >= 0.6 is 0 Å². The third-order valence-corrected chi connectivity index (χ3v) is 8.42. The van der Waals surface area contributed by atoms with Gasteiger partial charge in [0.2, 0.25) is 0 Å². The summed E-state index contributed by atoms with van der Waals surface area (Å²) in [6.07, 6.45) is 4.13. The Kier molecular flexibility index (Phi) is 11.1. The molecule has 0 saturated carbocycles. The van der Waals surface area contributed by atoms with Crippen molar-refractivity contribution < 1.29 is 26.1 Å². The van der Waals surface area contributed by atoms with Crippen LogP contribution in [-0.2, 0) is 32.5 Å². The molecule has 187 valence electrons. The molecule has 1 aliphatic heterocycles. The average molecular weight is 676 g/mol. The number of nitrogens with zero attached hydrogens (tertiary/aromatic N) is 2. The monoisotopic (exact) mass is 677 g/mol. The summed E-state index contributed by atoms with van der Waals surface area (Å²) in [5.41, 5.74) is 10.2. The van der Waals surface area contributed by atoms with Gasteiger partial charge in [0.05, 0.1) is 0 Å². The molecule has 0 saturated heterocycles. The van der Waals surface area contributed by atoms with Crippen molar-refractivity contribution in [2.24, 2.45) is 4.99 Å². The van der Waals surface area contributed by atoms with E-state index in [0.717, 1.165) is 31.4 Å². The van der Waals surface area contributed by atoms with Crippen LogP contribution in [0, 0.1) is 6.92 Å². The first-order chi connectivity index (χ1) is 17.8. The van der Waals surface area contributed by atoms with Crippen molar-refractivity contribution in [1.82, 2.24) is 4.90 Å². The summed E-state index contributed by atoms with van der Waals surface area (Å²) in [5.74, 6) is 0. The Morgan fingerprint density at radius 2 is 1.43 bits per heavy atom. The molecule has 0 amide bonds. The number of hydrogen-bond donors (Lipinski definition) is 0. The summed E-state index contributed by atoms with van der Waals surface area (Å²) >= 11 is 0.408. The molecule has 4 rings (SSSR count). The van der Waals surface area contributed by atoms with Gasteiger partial charge in [-0.15, -0.1) is 0 Å². The molecule has 37 heavy (non-hydrogen) atoms. The Hall–Kier alpha value is -2.71. The van der Waals surface area contributed by atoms with Crippen molar-refractivity contribution in [3.8, 4) is 0 Å². The Bertz CT molecular complexity index is 1200. The summed E-state index contributed by atoms with van der Waals surface area (Å²) in [6.45, 7) is 17.0. The van der Waals surface area contributed by atoms with Crippen molar-refractivity contribution in [3.63, 3.8) is 0 Å². The van der Waals surface area contributed by atoms with Gasteiger partial charge >= 0.3 is 174 Å². The second-order valence-corrected chi connectivity index (χ2v) is 12.2. The van der Waals surface area contributed by atoms with Crippen LogP contribution in [0.2, 0.25) is 0 Å². The first-order valence-electron chi connectivity index (χ1n) is 13.3. The van der Waals surface area contributed by atoms with Gasteiger partial charge in [-0.05, 0) is 25.8 Å². The van der Waals surface area contributed by atoms with E-state index in [-0.39, 0.29) is 6.04 Å². The summed E-state index contributed by atoms with van der Waals surface area (Å²) in [6, 6.07) is 30.2. The van der Waals surface area contributed by atoms with Crippen LogP contribution in [0.15, 0.2) is 126 Å². The molecular formula is C34H39HgN2. The van der Waals surface area contributed by atoms with Crippen molar-refractivity contribution in [1.29, 1.82) is 0 Å². The molecule has 1 aliphatic rings. The number of hydrogen-bond acceptors (Lipinski definition) is 2. The van der Waals surface area contributed by atoms with Gasteiger partial charge in [0.15, 0.2) is 0 Å². The zero-order valence-corrected chi connectivity index (χ0v) is 28.5. The number of rotatable bonds is 8. The maximum absolute atomic E-state index is 5.05. The number of benzene rings is 3. The van der Waals surface area contributed by atoms with E-state index in [2.05, 4.69) is 131 Å². The fourth-order valence-electron chi connectivity index (χ4n) is 4.70. The Labute approximate surface area is 240 Å². The molecule has 3 heteroatoms. The van der Waals surface area contributed by atoms with E-state index in [9.17, 15) is 0 Å². The third kappa shape index (κ3) is 7.88. The minimum atomic E-state index is 0.131. The number of aryl methyl sites for hydroxylation is 1. The number of amidine groups is 1. The van der Waals surface area contributed by atoms with Crippen molar-refractivity contribution in [3.05, 3.63) is 143 Å². The van der Waals surface area contributed by atoms with Crippen molar-refractivity contribution in [2.45, 2.75) is 59.4 Å². The van der Waals surface area contributed by atoms with Crippen LogP contribution in [0.3, 0.4) is 0 Å². The topological polar surface area (TPSA) is 15.6 Å². The second kappa shape index (κ2) is 14.3. The molecule has 0 radical (unpaired) electrons. The summed E-state index contributed by atoms with van der Waals surface area (Å²) in [7, 11) is 0. The molecule has 3 aromatic carbocycles. The van der Waals surface area contributed by atoms with Crippen LogP contribution in [0.4, 0.5) is 0 Å². The van der Waals surface area contributed by atoms with Gasteiger partial charge in [0.25, 0.3) is 0 Å². The molecule has 0 fully saturated rings. The van der Waals surface area contributed by atoms with E-state index < -0.39 is 0 Å². The van der Waals surface area contributed by atoms with Gasteiger partial charge in [0, 0.05) is 0 Å². The first-order valence-corrected chi connectivity index (χ1v) is 16.0. The van der Waals surface area contributed by atoms with Crippen LogP contribution in [0.5, 0.6) is 0 Å². The van der Waals surface area contributed by atoms with Crippen LogP contribution in [-0.4, -0.2) is 8.24 Å². The molecule has 0 unspecified atom stereocenters. The van der Waals surface area contributed by atoms with Gasteiger partial charge < -0.3 is 0 Å². The van der Waals surface area contributed by atoms with Crippen molar-refractivity contribution in [2.75, 3.05) is 0 Å². The van der Waals surface area contributed by atoms with E-state index in [1.807, 2.05) is 0 Å². The third-order valence-electron chi connectivity index (χ3n) is 6.48. The fraction of sp³-hybridized carbons (Fsp3) is 0.265. The van der Waals surface area contributed by atoms with Crippen LogP contribution in [0.25, 0.3) is 0 Å². The molecule has 0 atom stereocenters. The molecule has 0 aromatic heterocycles. The number of allylic oxidation sites excluding steroid dienone is 3. The molecule has 0 bridgehead atoms. The molecule has 0 aliphatic carbocycles. The van der Waals surface area contributed by atoms with Gasteiger partial charge in [0.1, 0.15) is 0 Å². The van der Waals surface area contributed by atoms with E-state index >= 15 is 0 Å². The zero-order chi connectivity index (χ0) is 26.8. The predicted octanol–water partition coefficient (Wildman–Crippen LogP) is 9.09. The van der Waals surface area contributed by atoms with E-state index in [1.165, 1.54) is 42.4 Å². The summed E-state index contributed by atoms with van der Waals surface area (Å²) in [5, 5.41) is 0. The van der Waals surface area contributed by atoms with E-state index in [1.54, 1.807) is 0 Å². The average Bonchev–Trinajstić information content (AvgIpc) is 2.90.